The number of nitrogens with zero attached hydrogens (tertiary/aromatic N) is 1. The van der Waals surface area contributed by atoms with Gasteiger partial charge >= 0.3 is 0 Å². The van der Waals surface area contributed by atoms with Crippen LogP contribution in [0.15, 0.2) is 46.9 Å². The summed E-state index contributed by atoms with van der Waals surface area (Å²) in [5.74, 6) is 1.75. The Balaban J connectivity index is 1.55. The highest BCUT2D eigenvalue weighted by Gasteiger charge is 2.24. The number of hydrogen-bond acceptors (Lipinski definition) is 5. The van der Waals surface area contributed by atoms with E-state index in [4.69, 9.17) is 21.1 Å². The normalized spacial score (nSPS) is 16.0. The molecule has 1 heterocycles. The predicted octanol–water partition coefficient (Wildman–Crippen LogP) is 4.43. The molecule has 1 aliphatic heterocycles. The molecule has 3 rings (SSSR count). The molecule has 0 saturated carbocycles. The molecule has 0 radical (unpaired) electrons. The number of aliphatic hydroxyl groups excluding tert-OH is 1. The summed E-state index contributed by atoms with van der Waals surface area (Å²) in [6.07, 6.45) is 0.361. The number of hydrogen-bond donors (Lipinski definition) is 2. The van der Waals surface area contributed by atoms with E-state index < -0.39 is 6.10 Å². The minimum atomic E-state index is -0.678. The van der Waals surface area contributed by atoms with E-state index in [-0.39, 0.29) is 17.9 Å². The van der Waals surface area contributed by atoms with Crippen molar-refractivity contribution in [2.24, 2.45) is 0 Å². The van der Waals surface area contributed by atoms with E-state index in [1.807, 2.05) is 6.07 Å². The standard InChI is InChI=1S/C25H34BrClN2O3/c1-25(2,20-6-9-24(23(26)16-20)32-18-21(30)17-27)19-4-7-22(8-5-19)31-15-3-12-29-13-10-28-11-14-29/h4-9,16,21,28,30H,3,10-15,17-18H2,1-2H3. The Morgan fingerprint density at radius 2 is 1.78 bits per heavy atom. The molecule has 2 N–H and O–H groups in total. The number of ether oxygens (including phenoxy) is 2. The van der Waals surface area contributed by atoms with Crippen LogP contribution in [0.1, 0.15) is 31.4 Å². The molecule has 1 saturated heterocycles. The average molecular weight is 526 g/mol. The Morgan fingerprint density at radius 1 is 1.09 bits per heavy atom. The SMILES string of the molecule is CC(C)(c1ccc(OCCCN2CCNCC2)cc1)c1ccc(OCC(O)CCl)c(Br)c1. The lowest BCUT2D eigenvalue weighted by atomic mass is 9.78. The van der Waals surface area contributed by atoms with Crippen molar-refractivity contribution in [2.45, 2.75) is 31.8 Å². The van der Waals surface area contributed by atoms with E-state index in [1.165, 1.54) is 11.1 Å². The molecule has 0 spiro atoms. The topological polar surface area (TPSA) is 54.0 Å². The maximum absolute atomic E-state index is 9.61. The van der Waals surface area contributed by atoms with E-state index in [9.17, 15) is 5.11 Å². The van der Waals surface area contributed by atoms with E-state index >= 15 is 0 Å². The Morgan fingerprint density at radius 3 is 2.44 bits per heavy atom. The molecule has 1 unspecified atom stereocenters. The van der Waals surface area contributed by atoms with Crippen LogP contribution in [0.2, 0.25) is 0 Å². The first-order chi connectivity index (χ1) is 15.4. The fourth-order valence-corrected chi connectivity index (χ4v) is 4.37. The summed E-state index contributed by atoms with van der Waals surface area (Å²) in [5.41, 5.74) is 2.19. The summed E-state index contributed by atoms with van der Waals surface area (Å²) in [6, 6.07) is 14.5. The van der Waals surface area contributed by atoms with Crippen molar-refractivity contribution in [3.8, 4) is 11.5 Å². The van der Waals surface area contributed by atoms with E-state index in [1.54, 1.807) is 0 Å². The number of piperazine rings is 1. The lowest BCUT2D eigenvalue weighted by Gasteiger charge is -2.27. The summed E-state index contributed by atoms with van der Waals surface area (Å²) in [4.78, 5) is 2.49. The third-order valence-electron chi connectivity index (χ3n) is 5.94. The Hall–Kier alpha value is -1.31. The molecule has 5 nitrogen and oxygen atoms in total. The molecule has 0 amide bonds. The second-order valence-electron chi connectivity index (χ2n) is 8.71. The lowest BCUT2D eigenvalue weighted by molar-refractivity contribution is 0.125. The third kappa shape index (κ3) is 7.09. The van der Waals surface area contributed by atoms with Gasteiger partial charge in [0.1, 0.15) is 24.2 Å². The minimum Gasteiger partial charge on any atom is -0.494 e. The second kappa shape index (κ2) is 12.2. The van der Waals surface area contributed by atoms with Crippen molar-refractivity contribution in [2.75, 3.05) is 51.8 Å². The van der Waals surface area contributed by atoms with Crippen molar-refractivity contribution in [3.63, 3.8) is 0 Å². The van der Waals surface area contributed by atoms with Crippen LogP contribution in [0, 0.1) is 0 Å². The zero-order valence-electron chi connectivity index (χ0n) is 18.9. The van der Waals surface area contributed by atoms with Gasteiger partial charge in [0.05, 0.1) is 17.0 Å². The molecule has 0 bridgehead atoms. The zero-order chi connectivity index (χ0) is 23.0. The molecule has 1 aliphatic rings. The minimum absolute atomic E-state index is 0.151. The van der Waals surface area contributed by atoms with Gasteiger partial charge in [-0.1, -0.05) is 32.0 Å². The van der Waals surface area contributed by atoms with Crippen LogP contribution in [0.25, 0.3) is 0 Å². The number of rotatable bonds is 11. The lowest BCUT2D eigenvalue weighted by Crippen LogP contribution is -2.43. The molecular formula is C25H34BrClN2O3. The summed E-state index contributed by atoms with van der Waals surface area (Å²) >= 11 is 9.23. The molecule has 1 atom stereocenters. The highest BCUT2D eigenvalue weighted by atomic mass is 79.9. The third-order valence-corrected chi connectivity index (χ3v) is 6.91. The van der Waals surface area contributed by atoms with Gasteiger partial charge in [0.25, 0.3) is 0 Å². The molecule has 176 valence electrons. The number of alkyl halides is 1. The van der Waals surface area contributed by atoms with Crippen molar-refractivity contribution in [1.29, 1.82) is 0 Å². The van der Waals surface area contributed by atoms with Gasteiger partial charge in [-0.3, -0.25) is 0 Å². The van der Waals surface area contributed by atoms with Crippen molar-refractivity contribution < 1.29 is 14.6 Å². The van der Waals surface area contributed by atoms with E-state index in [2.05, 4.69) is 76.4 Å². The largest absolute Gasteiger partial charge is 0.494 e. The molecule has 2 aromatic rings. The molecule has 1 fully saturated rings. The first kappa shape index (κ1) is 25.3. The average Bonchev–Trinajstić information content (AvgIpc) is 2.81. The molecule has 32 heavy (non-hydrogen) atoms. The van der Waals surface area contributed by atoms with Crippen LogP contribution in [-0.4, -0.2) is 67.9 Å². The Kier molecular flexibility index (Phi) is 9.68. The van der Waals surface area contributed by atoms with Crippen LogP contribution in [-0.2, 0) is 5.41 Å². The van der Waals surface area contributed by atoms with Gasteiger partial charge in [-0.25, -0.2) is 0 Å². The molecule has 7 heteroatoms. The summed E-state index contributed by atoms with van der Waals surface area (Å²) in [5, 5.41) is 13.0. The number of benzene rings is 2. The van der Waals surface area contributed by atoms with Gasteiger partial charge in [-0.05, 0) is 57.7 Å². The fourth-order valence-electron chi connectivity index (χ4n) is 3.78. The molecular weight excluding hydrogens is 492 g/mol. The van der Waals surface area contributed by atoms with Gasteiger partial charge in [-0.2, -0.15) is 0 Å². The van der Waals surface area contributed by atoms with Gasteiger partial charge in [-0.15, -0.1) is 11.6 Å². The summed E-state index contributed by atoms with van der Waals surface area (Å²) in [7, 11) is 0. The van der Waals surface area contributed by atoms with Crippen molar-refractivity contribution in [3.05, 3.63) is 58.1 Å². The summed E-state index contributed by atoms with van der Waals surface area (Å²) < 4.78 is 12.5. The second-order valence-corrected chi connectivity index (χ2v) is 9.87. The van der Waals surface area contributed by atoms with Gasteiger partial charge in [0.15, 0.2) is 0 Å². The first-order valence-corrected chi connectivity index (χ1v) is 12.6. The Bertz CT molecular complexity index is 842. The maximum atomic E-state index is 9.61. The Labute approximate surface area is 205 Å². The monoisotopic (exact) mass is 524 g/mol. The molecule has 0 aromatic heterocycles. The van der Waals surface area contributed by atoms with Crippen LogP contribution in [0.4, 0.5) is 0 Å². The van der Waals surface area contributed by atoms with Crippen LogP contribution in [0.3, 0.4) is 0 Å². The van der Waals surface area contributed by atoms with Crippen LogP contribution in [0.5, 0.6) is 11.5 Å². The maximum Gasteiger partial charge on any atom is 0.133 e. The quantitative estimate of drug-likeness (QED) is 0.336. The fraction of sp³-hybridized carbons (Fsp3) is 0.520. The van der Waals surface area contributed by atoms with Gasteiger partial charge < -0.3 is 24.8 Å². The number of nitrogens with one attached hydrogen (secondary N) is 1. The van der Waals surface area contributed by atoms with E-state index in [0.29, 0.717) is 5.75 Å². The highest BCUT2D eigenvalue weighted by Crippen LogP contribution is 2.36. The highest BCUT2D eigenvalue weighted by molar-refractivity contribution is 9.10. The van der Waals surface area contributed by atoms with Crippen LogP contribution < -0.4 is 14.8 Å². The van der Waals surface area contributed by atoms with Crippen molar-refractivity contribution in [1.82, 2.24) is 10.2 Å². The number of halogens is 2. The molecule has 0 aliphatic carbocycles. The van der Waals surface area contributed by atoms with Gasteiger partial charge in [0.2, 0.25) is 0 Å². The van der Waals surface area contributed by atoms with Crippen LogP contribution >= 0.6 is 27.5 Å². The smallest absolute Gasteiger partial charge is 0.133 e. The predicted molar refractivity (Wildman–Crippen MR) is 134 cm³/mol. The number of aliphatic hydroxyl groups is 1. The zero-order valence-corrected chi connectivity index (χ0v) is 21.3. The van der Waals surface area contributed by atoms with Gasteiger partial charge in [0, 0.05) is 38.1 Å². The summed E-state index contributed by atoms with van der Waals surface area (Å²) in [6.45, 7) is 10.8. The first-order valence-electron chi connectivity index (χ1n) is 11.2. The van der Waals surface area contributed by atoms with E-state index in [0.717, 1.165) is 56.0 Å². The van der Waals surface area contributed by atoms with Crippen molar-refractivity contribution >= 4 is 27.5 Å². The molecule has 2 aromatic carbocycles.